The van der Waals surface area contributed by atoms with Crippen LogP contribution in [0.2, 0.25) is 5.02 Å². The summed E-state index contributed by atoms with van der Waals surface area (Å²) in [5.74, 6) is -1.97. The lowest BCUT2D eigenvalue weighted by molar-refractivity contribution is 0.0935. The maximum absolute atomic E-state index is 13.7. The molecule has 11 heteroatoms. The fourth-order valence-electron chi connectivity index (χ4n) is 5.89. The van der Waals surface area contributed by atoms with Gasteiger partial charge in [0, 0.05) is 18.2 Å². The van der Waals surface area contributed by atoms with E-state index < -0.39 is 23.1 Å². The van der Waals surface area contributed by atoms with Crippen LogP contribution in [-0.4, -0.2) is 26.3 Å². The largest absolute Gasteiger partial charge is 0.420 e. The Balaban J connectivity index is 1.54. The number of carbonyl (C=O) groups is 2. The van der Waals surface area contributed by atoms with Crippen molar-refractivity contribution in [3.8, 4) is 11.1 Å². The van der Waals surface area contributed by atoms with Crippen molar-refractivity contribution in [3.63, 3.8) is 0 Å². The van der Waals surface area contributed by atoms with Crippen molar-refractivity contribution in [1.29, 1.82) is 0 Å². The van der Waals surface area contributed by atoms with Gasteiger partial charge in [0.1, 0.15) is 5.82 Å². The van der Waals surface area contributed by atoms with E-state index >= 15 is 0 Å². The molecule has 0 fully saturated rings. The van der Waals surface area contributed by atoms with Gasteiger partial charge in [-0.1, -0.05) is 43.6 Å². The summed E-state index contributed by atoms with van der Waals surface area (Å²) in [6.45, 7) is 6.01. The first-order valence-electron chi connectivity index (χ1n) is 14.1. The van der Waals surface area contributed by atoms with E-state index in [0.717, 1.165) is 5.56 Å². The van der Waals surface area contributed by atoms with Crippen LogP contribution >= 0.6 is 11.6 Å². The van der Waals surface area contributed by atoms with Crippen LogP contribution in [0.4, 0.5) is 4.39 Å². The van der Waals surface area contributed by atoms with E-state index in [1.54, 1.807) is 42.5 Å². The molecule has 5 aromatic rings. The number of benzene rings is 2. The van der Waals surface area contributed by atoms with Gasteiger partial charge in [-0.2, -0.15) is 0 Å². The molecule has 1 aliphatic heterocycles. The number of fused-ring (bicyclic) bond motifs is 2. The average Bonchev–Trinajstić information content (AvgIpc) is 3.40. The number of halogens is 2. The van der Waals surface area contributed by atoms with Gasteiger partial charge in [0.05, 0.1) is 50.8 Å². The predicted molar refractivity (Wildman–Crippen MR) is 164 cm³/mol. The number of primary amides is 1. The van der Waals surface area contributed by atoms with E-state index in [9.17, 15) is 18.8 Å². The van der Waals surface area contributed by atoms with Gasteiger partial charge in [0.2, 0.25) is 0 Å². The predicted octanol–water partition coefficient (Wildman–Crippen LogP) is 5.39. The molecule has 0 spiro atoms. The molecule has 0 aliphatic carbocycles. The number of hydrogen-bond donors (Lipinski definition) is 2. The van der Waals surface area contributed by atoms with Gasteiger partial charge in [-0.05, 0) is 66.8 Å². The SMILES string of the molecule is CC(C)Cc1nc2c(c(-c3ccc4c(c3)oc(=O)n4Cc3ccc(Cl)cn3)c1C(N)=O)C(=O)NC2(C)Cc1ccc(F)cc1. The van der Waals surface area contributed by atoms with E-state index in [0.29, 0.717) is 51.6 Å². The Hall–Kier alpha value is -4.83. The molecule has 3 aromatic heterocycles. The first kappa shape index (κ1) is 29.3. The molecular weight excluding hydrogens is 585 g/mol. The van der Waals surface area contributed by atoms with Crippen molar-refractivity contribution in [2.45, 2.75) is 45.7 Å². The fraction of sp³-hybridized carbons (Fsp3) is 0.242. The number of rotatable bonds is 8. The van der Waals surface area contributed by atoms with Gasteiger partial charge in [0.15, 0.2) is 5.58 Å². The number of nitrogens with one attached hydrogen (secondary N) is 1. The number of amides is 2. The molecule has 4 heterocycles. The summed E-state index contributed by atoms with van der Waals surface area (Å²) >= 11 is 5.95. The van der Waals surface area contributed by atoms with Gasteiger partial charge >= 0.3 is 5.76 Å². The zero-order chi connectivity index (χ0) is 31.3. The lowest BCUT2D eigenvalue weighted by atomic mass is 9.84. The maximum Gasteiger partial charge on any atom is 0.420 e. The van der Waals surface area contributed by atoms with Gasteiger partial charge in [-0.25, -0.2) is 9.18 Å². The van der Waals surface area contributed by atoms with Crippen LogP contribution in [0.5, 0.6) is 0 Å². The molecule has 9 nitrogen and oxygen atoms in total. The molecule has 1 atom stereocenters. The molecule has 0 bridgehead atoms. The monoisotopic (exact) mass is 613 g/mol. The molecule has 1 aliphatic rings. The number of nitrogens with zero attached hydrogens (tertiary/aromatic N) is 3. The normalized spacial score (nSPS) is 16.0. The Bertz CT molecular complexity index is 2000. The van der Waals surface area contributed by atoms with Crippen LogP contribution in [0.3, 0.4) is 0 Å². The molecule has 2 amide bonds. The zero-order valence-electron chi connectivity index (χ0n) is 24.3. The smallest absolute Gasteiger partial charge is 0.408 e. The Morgan fingerprint density at radius 2 is 1.86 bits per heavy atom. The number of pyridine rings is 2. The van der Waals surface area contributed by atoms with Crippen molar-refractivity contribution in [3.05, 3.63) is 116 Å². The molecule has 44 heavy (non-hydrogen) atoms. The summed E-state index contributed by atoms with van der Waals surface area (Å²) in [7, 11) is 0. The van der Waals surface area contributed by atoms with Crippen LogP contribution in [0.15, 0.2) is 70.0 Å². The summed E-state index contributed by atoms with van der Waals surface area (Å²) in [6, 6.07) is 14.5. The minimum absolute atomic E-state index is 0.121. The summed E-state index contributed by atoms with van der Waals surface area (Å²) in [6.07, 6.45) is 2.27. The third-order valence-corrected chi connectivity index (χ3v) is 8.02. The summed E-state index contributed by atoms with van der Waals surface area (Å²) in [5.41, 5.74) is 9.31. The molecule has 2 aromatic carbocycles. The highest BCUT2D eigenvalue weighted by Gasteiger charge is 2.44. The minimum atomic E-state index is -0.952. The standard InChI is InChI=1S/C33H29ClFN5O4/c1-17(2)12-23-27(30(36)41)26(28-29(38-23)33(3,39-31(28)42)14-18-4-8-21(35)9-5-18)19-6-11-24-25(13-19)44-32(43)40(24)16-22-10-7-20(34)15-37-22/h4-11,13,15,17H,12,14,16H2,1-3H3,(H2,36,41)(H,39,42). The van der Waals surface area contributed by atoms with E-state index in [1.807, 2.05) is 20.8 Å². The highest BCUT2D eigenvalue weighted by Crippen LogP contribution is 2.42. The quantitative estimate of drug-likeness (QED) is 0.241. The van der Waals surface area contributed by atoms with Crippen LogP contribution < -0.4 is 16.8 Å². The molecule has 0 saturated heterocycles. The third-order valence-electron chi connectivity index (χ3n) is 7.80. The second-order valence-electron chi connectivity index (χ2n) is 11.7. The van der Waals surface area contributed by atoms with E-state index in [2.05, 4.69) is 10.3 Å². The van der Waals surface area contributed by atoms with E-state index in [4.69, 9.17) is 26.7 Å². The third kappa shape index (κ3) is 5.26. The number of aromatic nitrogens is 3. The number of hydrogen-bond acceptors (Lipinski definition) is 6. The Kier molecular flexibility index (Phi) is 7.33. The van der Waals surface area contributed by atoms with E-state index in [-0.39, 0.29) is 35.0 Å². The molecule has 6 rings (SSSR count). The topological polar surface area (TPSA) is 133 Å². The highest BCUT2D eigenvalue weighted by molar-refractivity contribution is 6.30. The van der Waals surface area contributed by atoms with Crippen LogP contribution in [-0.2, 0) is 24.9 Å². The van der Waals surface area contributed by atoms with Crippen LogP contribution in [0.25, 0.3) is 22.2 Å². The first-order valence-corrected chi connectivity index (χ1v) is 14.5. The van der Waals surface area contributed by atoms with Gasteiger partial charge in [-0.3, -0.25) is 24.1 Å². The fourth-order valence-corrected chi connectivity index (χ4v) is 6.00. The maximum atomic E-state index is 13.7. The molecular formula is C33H29ClFN5O4. The van der Waals surface area contributed by atoms with Crippen molar-refractivity contribution >= 4 is 34.5 Å². The lowest BCUT2D eigenvalue weighted by Gasteiger charge is -2.26. The van der Waals surface area contributed by atoms with Crippen LogP contribution in [0, 0.1) is 11.7 Å². The lowest BCUT2D eigenvalue weighted by Crippen LogP contribution is -2.39. The summed E-state index contributed by atoms with van der Waals surface area (Å²) < 4.78 is 20.7. The Morgan fingerprint density at radius 3 is 2.52 bits per heavy atom. The molecule has 0 saturated carbocycles. The van der Waals surface area contributed by atoms with Gasteiger partial charge in [-0.15, -0.1) is 0 Å². The first-order chi connectivity index (χ1) is 20.9. The van der Waals surface area contributed by atoms with E-state index in [1.165, 1.54) is 22.9 Å². The van der Waals surface area contributed by atoms with Crippen molar-refractivity contribution in [2.75, 3.05) is 0 Å². The zero-order valence-corrected chi connectivity index (χ0v) is 25.0. The second-order valence-corrected chi connectivity index (χ2v) is 12.1. The van der Waals surface area contributed by atoms with Crippen molar-refractivity contribution in [2.24, 2.45) is 11.7 Å². The highest BCUT2D eigenvalue weighted by atomic mass is 35.5. The minimum Gasteiger partial charge on any atom is -0.408 e. The summed E-state index contributed by atoms with van der Waals surface area (Å²) in [5, 5.41) is 3.54. The van der Waals surface area contributed by atoms with Gasteiger partial charge in [0.25, 0.3) is 11.8 Å². The number of oxazole rings is 1. The second kappa shape index (κ2) is 11.0. The Labute approximate surface area is 256 Å². The molecule has 224 valence electrons. The Morgan fingerprint density at radius 1 is 1.11 bits per heavy atom. The van der Waals surface area contributed by atoms with Crippen molar-refractivity contribution < 1.29 is 18.4 Å². The summed E-state index contributed by atoms with van der Waals surface area (Å²) in [4.78, 5) is 48.8. The van der Waals surface area contributed by atoms with Crippen molar-refractivity contribution in [1.82, 2.24) is 19.9 Å². The average molecular weight is 614 g/mol. The van der Waals surface area contributed by atoms with Crippen LogP contribution in [0.1, 0.15) is 64.1 Å². The molecule has 0 radical (unpaired) electrons. The molecule has 1 unspecified atom stereocenters. The molecule has 3 N–H and O–H groups in total. The van der Waals surface area contributed by atoms with Gasteiger partial charge < -0.3 is 15.5 Å². The number of carbonyl (C=O) groups excluding carboxylic acids is 2. The number of nitrogens with two attached hydrogens (primary N) is 1.